The molecule has 0 fully saturated rings. The molecule has 2 rings (SSSR count). The van der Waals surface area contributed by atoms with Gasteiger partial charge in [0.25, 0.3) is 0 Å². The fourth-order valence-corrected chi connectivity index (χ4v) is 2.63. The third-order valence-electron chi connectivity index (χ3n) is 3.74. The van der Waals surface area contributed by atoms with Gasteiger partial charge in [0, 0.05) is 11.6 Å². The molecule has 0 aliphatic heterocycles. The fraction of sp³-hybridized carbons (Fsp3) is 0.222. The number of allylic oxidation sites excluding steroid dienone is 2. The van der Waals surface area contributed by atoms with Crippen LogP contribution >= 0.6 is 11.6 Å². The average Bonchev–Trinajstić information content (AvgIpc) is 2.65. The Hall–Kier alpha value is -3.13. The van der Waals surface area contributed by atoms with E-state index in [4.69, 9.17) is 11.6 Å². The van der Waals surface area contributed by atoms with E-state index in [1.807, 2.05) is 0 Å². The molecule has 0 bridgehead atoms. The minimum absolute atomic E-state index is 0.0870. The molecule has 142 valence electrons. The predicted molar refractivity (Wildman–Crippen MR) is 103 cm³/mol. The normalized spacial score (nSPS) is 10.4. The summed E-state index contributed by atoms with van der Waals surface area (Å²) in [5.74, 6) is -0.567. The van der Waals surface area contributed by atoms with Gasteiger partial charge in [0.1, 0.15) is 6.54 Å². The molecule has 1 aromatic heterocycles. The molecular formula is C18H19ClN4O4. The lowest BCUT2D eigenvalue weighted by Crippen LogP contribution is -2.55. The van der Waals surface area contributed by atoms with E-state index in [0.717, 1.165) is 9.13 Å². The van der Waals surface area contributed by atoms with Gasteiger partial charge in [-0.1, -0.05) is 42.0 Å². The highest BCUT2D eigenvalue weighted by Gasteiger charge is 2.16. The van der Waals surface area contributed by atoms with E-state index < -0.39 is 29.5 Å². The van der Waals surface area contributed by atoms with Crippen molar-refractivity contribution in [2.24, 2.45) is 0 Å². The Bertz CT molecular complexity index is 1000. The summed E-state index contributed by atoms with van der Waals surface area (Å²) in [4.78, 5) is 49.4. The molecule has 0 saturated carbocycles. The smallest absolute Gasteiger partial charge is 0.337 e. The Morgan fingerprint density at radius 1 is 0.963 bits per heavy atom. The number of benzene rings is 1. The molecule has 0 radical (unpaired) electrons. The third kappa shape index (κ3) is 4.53. The second-order valence-electron chi connectivity index (χ2n) is 5.60. The van der Waals surface area contributed by atoms with Crippen LogP contribution in [0.3, 0.4) is 0 Å². The van der Waals surface area contributed by atoms with Crippen LogP contribution in [0.2, 0.25) is 5.02 Å². The number of nitrogens with one attached hydrogen (secondary N) is 1. The SMILES string of the molecule is C=CCn1c(=O)n(CC=C)c(=O)n(CC(=O)NCc2ccccc2Cl)c1=O. The van der Waals surface area contributed by atoms with E-state index >= 15 is 0 Å². The highest BCUT2D eigenvalue weighted by molar-refractivity contribution is 6.31. The number of rotatable bonds is 8. The van der Waals surface area contributed by atoms with Crippen molar-refractivity contribution in [1.29, 1.82) is 0 Å². The van der Waals surface area contributed by atoms with E-state index in [1.165, 1.54) is 12.2 Å². The minimum Gasteiger partial charge on any atom is -0.350 e. The Morgan fingerprint density at radius 3 is 2.00 bits per heavy atom. The number of carbonyl (C=O) groups is 1. The monoisotopic (exact) mass is 390 g/mol. The average molecular weight is 391 g/mol. The molecule has 1 N–H and O–H groups in total. The van der Waals surface area contributed by atoms with Crippen molar-refractivity contribution in [1.82, 2.24) is 19.0 Å². The van der Waals surface area contributed by atoms with Crippen LogP contribution in [0.4, 0.5) is 0 Å². The van der Waals surface area contributed by atoms with Gasteiger partial charge >= 0.3 is 17.1 Å². The molecule has 0 spiro atoms. The lowest BCUT2D eigenvalue weighted by molar-refractivity contribution is -0.122. The largest absolute Gasteiger partial charge is 0.350 e. The Labute approximate surface area is 159 Å². The quantitative estimate of drug-likeness (QED) is 0.664. The summed E-state index contributed by atoms with van der Waals surface area (Å²) in [6.07, 6.45) is 2.71. The Morgan fingerprint density at radius 2 is 1.48 bits per heavy atom. The van der Waals surface area contributed by atoms with E-state index in [1.54, 1.807) is 24.3 Å². The van der Waals surface area contributed by atoms with Crippen molar-refractivity contribution >= 4 is 17.5 Å². The number of hydrogen-bond acceptors (Lipinski definition) is 4. The van der Waals surface area contributed by atoms with Crippen LogP contribution in [-0.4, -0.2) is 19.6 Å². The van der Waals surface area contributed by atoms with Crippen molar-refractivity contribution in [2.45, 2.75) is 26.2 Å². The summed E-state index contributed by atoms with van der Waals surface area (Å²) >= 11 is 6.03. The zero-order valence-electron chi connectivity index (χ0n) is 14.6. The molecule has 0 saturated heterocycles. The molecule has 0 aliphatic rings. The molecule has 27 heavy (non-hydrogen) atoms. The van der Waals surface area contributed by atoms with Gasteiger partial charge in [0.2, 0.25) is 5.91 Å². The van der Waals surface area contributed by atoms with Crippen molar-refractivity contribution in [3.63, 3.8) is 0 Å². The zero-order chi connectivity index (χ0) is 20.0. The van der Waals surface area contributed by atoms with E-state index in [9.17, 15) is 19.2 Å². The molecule has 2 aromatic rings. The molecule has 1 heterocycles. The summed E-state index contributed by atoms with van der Waals surface area (Å²) in [5.41, 5.74) is -1.84. The number of aromatic nitrogens is 3. The number of hydrogen-bond donors (Lipinski definition) is 1. The zero-order valence-corrected chi connectivity index (χ0v) is 15.3. The highest BCUT2D eigenvalue weighted by atomic mass is 35.5. The van der Waals surface area contributed by atoms with Crippen LogP contribution in [-0.2, 0) is 31.0 Å². The molecular weight excluding hydrogens is 372 g/mol. The summed E-state index contributed by atoms with van der Waals surface area (Å²) in [5, 5.41) is 3.09. The van der Waals surface area contributed by atoms with Gasteiger partial charge in [0.05, 0.1) is 13.1 Å². The van der Waals surface area contributed by atoms with E-state index in [0.29, 0.717) is 15.2 Å². The minimum atomic E-state index is -0.877. The van der Waals surface area contributed by atoms with Gasteiger partial charge in [-0.2, -0.15) is 0 Å². The first-order valence-electron chi connectivity index (χ1n) is 8.07. The molecule has 0 atom stereocenters. The Balaban J connectivity index is 2.33. The first-order chi connectivity index (χ1) is 12.9. The molecule has 0 unspecified atom stereocenters. The maximum Gasteiger partial charge on any atom is 0.337 e. The van der Waals surface area contributed by atoms with Crippen LogP contribution < -0.4 is 22.4 Å². The number of halogens is 1. The lowest BCUT2D eigenvalue weighted by atomic mass is 10.2. The van der Waals surface area contributed by atoms with Gasteiger partial charge in [0.15, 0.2) is 0 Å². The highest BCUT2D eigenvalue weighted by Crippen LogP contribution is 2.14. The van der Waals surface area contributed by atoms with Crippen LogP contribution in [0.5, 0.6) is 0 Å². The second-order valence-corrected chi connectivity index (χ2v) is 6.01. The van der Waals surface area contributed by atoms with Crippen molar-refractivity contribution in [3.8, 4) is 0 Å². The first kappa shape index (κ1) is 20.2. The van der Waals surface area contributed by atoms with Crippen LogP contribution in [0, 0.1) is 0 Å². The standard InChI is InChI=1S/C18H19ClN4O4/c1-3-9-21-16(25)22(10-4-2)18(27)23(17(21)26)12-15(24)20-11-13-7-5-6-8-14(13)19/h3-8H,1-2,9-12H2,(H,20,24). The van der Waals surface area contributed by atoms with Crippen LogP contribution in [0.15, 0.2) is 64.0 Å². The molecule has 1 amide bonds. The number of nitrogens with zero attached hydrogens (tertiary/aromatic N) is 3. The van der Waals surface area contributed by atoms with Crippen molar-refractivity contribution in [2.75, 3.05) is 0 Å². The third-order valence-corrected chi connectivity index (χ3v) is 4.11. The van der Waals surface area contributed by atoms with Crippen LogP contribution in [0.25, 0.3) is 0 Å². The van der Waals surface area contributed by atoms with Gasteiger partial charge < -0.3 is 5.32 Å². The predicted octanol–water partition coefficient (Wildman–Crippen LogP) is 0.514. The summed E-state index contributed by atoms with van der Waals surface area (Å²) in [6, 6.07) is 6.97. The van der Waals surface area contributed by atoms with Gasteiger partial charge in [-0.3, -0.25) is 4.79 Å². The van der Waals surface area contributed by atoms with Crippen molar-refractivity contribution < 1.29 is 4.79 Å². The molecule has 8 nitrogen and oxygen atoms in total. The van der Waals surface area contributed by atoms with Crippen molar-refractivity contribution in [3.05, 3.63) is 91.6 Å². The Kier molecular flexibility index (Phi) is 6.73. The topological polar surface area (TPSA) is 95.1 Å². The fourth-order valence-electron chi connectivity index (χ4n) is 2.42. The number of carbonyl (C=O) groups excluding carboxylic acids is 1. The molecule has 1 aromatic carbocycles. The second kappa shape index (κ2) is 9.00. The maximum atomic E-state index is 12.5. The van der Waals surface area contributed by atoms with Gasteiger partial charge in [-0.15, -0.1) is 13.2 Å². The maximum absolute atomic E-state index is 12.5. The molecule has 9 heteroatoms. The van der Waals surface area contributed by atoms with Gasteiger partial charge in [-0.05, 0) is 11.6 Å². The molecule has 0 aliphatic carbocycles. The van der Waals surface area contributed by atoms with Crippen LogP contribution in [0.1, 0.15) is 5.56 Å². The van der Waals surface area contributed by atoms with E-state index in [2.05, 4.69) is 18.5 Å². The number of amides is 1. The van der Waals surface area contributed by atoms with Gasteiger partial charge in [-0.25, -0.2) is 28.1 Å². The summed E-state index contributed by atoms with van der Waals surface area (Å²) < 4.78 is 2.37. The summed E-state index contributed by atoms with van der Waals surface area (Å²) in [6.45, 7) is 6.42. The summed E-state index contributed by atoms with van der Waals surface area (Å²) in [7, 11) is 0. The lowest BCUT2D eigenvalue weighted by Gasteiger charge is -2.12. The first-order valence-corrected chi connectivity index (χ1v) is 8.44. The van der Waals surface area contributed by atoms with E-state index in [-0.39, 0.29) is 19.6 Å².